The van der Waals surface area contributed by atoms with Crippen molar-refractivity contribution >= 4 is 28.3 Å². The first kappa shape index (κ1) is 23.5. The Morgan fingerprint density at radius 3 is 2.71 bits per heavy atom. The zero-order valence-electron chi connectivity index (χ0n) is 20.0. The topological polar surface area (TPSA) is 68.5 Å². The van der Waals surface area contributed by atoms with Crippen LogP contribution in [0.3, 0.4) is 0 Å². The molecule has 3 heterocycles. The molecule has 1 fully saturated rings. The summed E-state index contributed by atoms with van der Waals surface area (Å²) in [7, 11) is 0. The smallest absolute Gasteiger partial charge is 0.394 e. The summed E-state index contributed by atoms with van der Waals surface area (Å²) >= 11 is 1.38. The normalized spacial score (nSPS) is 18.4. The number of carbonyl (C=O) groups excluding carboxylic acids is 1. The number of nitrogens with zero attached hydrogens (tertiary/aromatic N) is 3. The van der Waals surface area contributed by atoms with Crippen LogP contribution in [0.1, 0.15) is 41.4 Å². The molecular weight excluding hydrogens is 465 g/mol. The molecule has 1 aliphatic rings. The number of rotatable bonds is 6. The van der Waals surface area contributed by atoms with E-state index in [1.807, 2.05) is 36.1 Å². The van der Waals surface area contributed by atoms with Gasteiger partial charge in [0, 0.05) is 12.1 Å². The summed E-state index contributed by atoms with van der Waals surface area (Å²) in [6.07, 6.45) is 2.17. The molecule has 0 bridgehead atoms. The fraction of sp³-hybridized carbons (Fsp3) is 0.370. The number of likely N-dealkylation sites (tertiary alicyclic amines) is 1. The Morgan fingerprint density at radius 1 is 1.20 bits per heavy atom. The number of ether oxygens (including phenoxy) is 1. The Kier molecular flexibility index (Phi) is 6.56. The van der Waals surface area contributed by atoms with Gasteiger partial charge >= 0.3 is 6.08 Å². The summed E-state index contributed by atoms with van der Waals surface area (Å²) < 4.78 is 25.3. The van der Waals surface area contributed by atoms with Gasteiger partial charge in [0.05, 0.1) is 16.7 Å². The Bertz CT molecular complexity index is 1300. The third kappa shape index (κ3) is 4.80. The summed E-state index contributed by atoms with van der Waals surface area (Å²) in [6.45, 7) is 7.20. The second kappa shape index (κ2) is 9.77. The van der Waals surface area contributed by atoms with Crippen molar-refractivity contribution in [2.24, 2.45) is 11.8 Å². The number of carbonyl (C=O) groups is 1. The van der Waals surface area contributed by atoms with Crippen LogP contribution in [0.2, 0.25) is 0 Å². The molecule has 1 saturated heterocycles. The third-order valence-electron chi connectivity index (χ3n) is 6.65. The van der Waals surface area contributed by atoms with E-state index in [2.05, 4.69) is 23.8 Å². The minimum Gasteiger partial charge on any atom is -0.448 e. The van der Waals surface area contributed by atoms with Crippen molar-refractivity contribution < 1.29 is 18.3 Å². The fourth-order valence-electron chi connectivity index (χ4n) is 4.91. The number of aromatic nitrogens is 2. The number of thiazole rings is 1. The number of benzene rings is 2. The van der Waals surface area contributed by atoms with Crippen LogP contribution in [-0.2, 0) is 0 Å². The van der Waals surface area contributed by atoms with E-state index in [0.29, 0.717) is 35.2 Å². The molecule has 2 atom stereocenters. The molecule has 8 heteroatoms. The number of para-hydroxylation sites is 2. The van der Waals surface area contributed by atoms with E-state index in [0.717, 1.165) is 28.9 Å². The first-order valence-electron chi connectivity index (χ1n) is 11.9. The van der Waals surface area contributed by atoms with Crippen LogP contribution in [0.15, 0.2) is 52.9 Å². The molecule has 0 N–H and O–H groups in total. The van der Waals surface area contributed by atoms with Crippen LogP contribution in [-0.4, -0.2) is 40.0 Å². The monoisotopic (exact) mass is 493 g/mol. The summed E-state index contributed by atoms with van der Waals surface area (Å²) in [6, 6.07) is 13.5. The Labute approximate surface area is 207 Å². The molecule has 0 aliphatic carbocycles. The second-order valence-electron chi connectivity index (χ2n) is 9.29. The van der Waals surface area contributed by atoms with Crippen molar-refractivity contribution in [2.45, 2.75) is 39.7 Å². The van der Waals surface area contributed by atoms with E-state index in [-0.39, 0.29) is 29.8 Å². The van der Waals surface area contributed by atoms with Gasteiger partial charge in [0.2, 0.25) is 0 Å². The number of oxazole rings is 1. The highest BCUT2D eigenvalue weighted by atomic mass is 32.1. The van der Waals surface area contributed by atoms with E-state index in [4.69, 9.17) is 9.15 Å². The lowest BCUT2D eigenvalue weighted by Crippen LogP contribution is -2.52. The van der Waals surface area contributed by atoms with Crippen molar-refractivity contribution in [3.05, 3.63) is 64.2 Å². The van der Waals surface area contributed by atoms with Gasteiger partial charge in [-0.05, 0) is 68.0 Å². The van der Waals surface area contributed by atoms with Gasteiger partial charge in [-0.2, -0.15) is 4.98 Å². The van der Waals surface area contributed by atoms with Gasteiger partial charge in [-0.15, -0.1) is 11.3 Å². The van der Waals surface area contributed by atoms with E-state index in [1.54, 1.807) is 12.1 Å². The van der Waals surface area contributed by atoms with Crippen LogP contribution in [0.4, 0.5) is 4.39 Å². The number of hydrogen-bond donors (Lipinski definition) is 0. The first-order chi connectivity index (χ1) is 16.9. The summed E-state index contributed by atoms with van der Waals surface area (Å²) in [5.74, 6) is 0.273. The van der Waals surface area contributed by atoms with Gasteiger partial charge in [0.1, 0.15) is 22.8 Å². The molecule has 0 unspecified atom stereocenters. The SMILES string of the molecule is Cc1nc(-c2ccc(F)cc2)c(C(=O)N2CCC[C@@H](C(C)C)[C@H]2COc2nc3ccccc3o2)s1. The molecule has 5 rings (SSSR count). The number of aryl methyl sites for hydroxylation is 1. The van der Waals surface area contributed by atoms with Crippen molar-refractivity contribution in [2.75, 3.05) is 13.2 Å². The number of hydrogen-bond acceptors (Lipinski definition) is 6. The van der Waals surface area contributed by atoms with Gasteiger partial charge in [-0.3, -0.25) is 4.79 Å². The highest BCUT2D eigenvalue weighted by molar-refractivity contribution is 7.14. The minimum absolute atomic E-state index is 0.0635. The standard InChI is InChI=1S/C27H28FN3O3S/c1-16(2)20-7-6-14-31(22(20)15-33-27-30-21-8-4-5-9-23(21)34-27)26(32)25-24(29-17(3)35-25)18-10-12-19(28)13-11-18/h4-5,8-13,16,20,22H,6-7,14-15H2,1-3H3/t20-,22+/m0/s1. The molecule has 2 aromatic carbocycles. The van der Waals surface area contributed by atoms with Crippen LogP contribution in [0.5, 0.6) is 6.08 Å². The van der Waals surface area contributed by atoms with Gasteiger partial charge in [0.15, 0.2) is 5.58 Å². The van der Waals surface area contributed by atoms with Gasteiger partial charge < -0.3 is 14.1 Å². The largest absolute Gasteiger partial charge is 0.448 e. The number of fused-ring (bicyclic) bond motifs is 1. The van der Waals surface area contributed by atoms with Crippen LogP contribution in [0.25, 0.3) is 22.4 Å². The quantitative estimate of drug-likeness (QED) is 0.313. The van der Waals surface area contributed by atoms with Gasteiger partial charge in [-0.1, -0.05) is 26.0 Å². The van der Waals surface area contributed by atoms with Crippen molar-refractivity contribution in [3.8, 4) is 17.3 Å². The summed E-state index contributed by atoms with van der Waals surface area (Å²) in [5.41, 5.74) is 2.74. The highest BCUT2D eigenvalue weighted by Gasteiger charge is 2.38. The van der Waals surface area contributed by atoms with Crippen LogP contribution < -0.4 is 4.74 Å². The molecule has 0 saturated carbocycles. The average Bonchev–Trinajstić information content (AvgIpc) is 3.45. The Balaban J connectivity index is 1.43. The minimum atomic E-state index is -0.319. The average molecular weight is 494 g/mol. The van der Waals surface area contributed by atoms with Crippen molar-refractivity contribution in [1.82, 2.24) is 14.9 Å². The number of piperidine rings is 1. The third-order valence-corrected chi connectivity index (χ3v) is 7.60. The highest BCUT2D eigenvalue weighted by Crippen LogP contribution is 2.35. The molecule has 1 amide bonds. The number of halogens is 1. The molecule has 0 spiro atoms. The van der Waals surface area contributed by atoms with Crippen LogP contribution in [0, 0.1) is 24.6 Å². The van der Waals surface area contributed by atoms with Gasteiger partial charge in [-0.25, -0.2) is 9.37 Å². The first-order valence-corrected chi connectivity index (χ1v) is 12.7. The number of amides is 1. The summed E-state index contributed by atoms with van der Waals surface area (Å²) in [5, 5.41) is 0.796. The molecule has 2 aromatic heterocycles. The maximum absolute atomic E-state index is 13.9. The lowest BCUT2D eigenvalue weighted by atomic mass is 9.81. The molecule has 0 radical (unpaired) electrons. The van der Waals surface area contributed by atoms with E-state index in [9.17, 15) is 9.18 Å². The zero-order valence-corrected chi connectivity index (χ0v) is 20.8. The predicted octanol–water partition coefficient (Wildman–Crippen LogP) is 6.35. The molecule has 4 aromatic rings. The molecule has 6 nitrogen and oxygen atoms in total. The molecular formula is C27H28FN3O3S. The Morgan fingerprint density at radius 2 is 1.97 bits per heavy atom. The van der Waals surface area contributed by atoms with Gasteiger partial charge in [0.25, 0.3) is 5.91 Å². The molecule has 182 valence electrons. The molecule has 35 heavy (non-hydrogen) atoms. The molecule has 1 aliphatic heterocycles. The Hall–Kier alpha value is -3.26. The maximum Gasteiger partial charge on any atom is 0.394 e. The van der Waals surface area contributed by atoms with Crippen LogP contribution >= 0.6 is 11.3 Å². The fourth-order valence-corrected chi connectivity index (χ4v) is 5.80. The van der Waals surface area contributed by atoms with E-state index >= 15 is 0 Å². The lowest BCUT2D eigenvalue weighted by Gasteiger charge is -2.42. The van der Waals surface area contributed by atoms with Crippen molar-refractivity contribution in [1.29, 1.82) is 0 Å². The van der Waals surface area contributed by atoms with E-state index in [1.165, 1.54) is 23.5 Å². The maximum atomic E-state index is 13.9. The lowest BCUT2D eigenvalue weighted by molar-refractivity contribution is 0.0229. The predicted molar refractivity (Wildman–Crippen MR) is 134 cm³/mol. The van der Waals surface area contributed by atoms with E-state index < -0.39 is 0 Å². The van der Waals surface area contributed by atoms with Crippen molar-refractivity contribution in [3.63, 3.8) is 0 Å². The second-order valence-corrected chi connectivity index (χ2v) is 10.5. The zero-order chi connectivity index (χ0) is 24.5. The summed E-state index contributed by atoms with van der Waals surface area (Å²) in [4.78, 5) is 25.5.